The Hall–Kier alpha value is -4.88. The fraction of sp³-hybridized carbons (Fsp3) is 0.265. The summed E-state index contributed by atoms with van der Waals surface area (Å²) in [6, 6.07) is 53.3. The second-order valence-corrected chi connectivity index (χ2v) is 16.6. The molecule has 6 aliphatic rings. The monoisotopic (exact) mass is 645 g/mol. The Labute approximate surface area is 296 Å². The summed E-state index contributed by atoms with van der Waals surface area (Å²) < 4.78 is 0. The molecule has 6 aromatic rings. The van der Waals surface area contributed by atoms with Crippen LogP contribution in [0.15, 0.2) is 140 Å². The first-order chi connectivity index (χ1) is 24.5. The minimum absolute atomic E-state index is 0.0660. The molecule has 1 spiro atoms. The predicted octanol–water partition coefficient (Wildman–Crippen LogP) is 12.9. The minimum Gasteiger partial charge on any atom is -0.310 e. The highest BCUT2D eigenvalue weighted by atomic mass is 15.1. The number of hydrogen-bond donors (Lipinski definition) is 0. The first-order valence-corrected chi connectivity index (χ1v) is 18.9. The average Bonchev–Trinajstić information content (AvgIpc) is 3.56. The molecule has 4 bridgehead atoms. The maximum absolute atomic E-state index is 2.64. The van der Waals surface area contributed by atoms with Gasteiger partial charge in [0.1, 0.15) is 0 Å². The summed E-state index contributed by atoms with van der Waals surface area (Å²) in [5.74, 6) is 3.34. The van der Waals surface area contributed by atoms with Crippen LogP contribution in [-0.4, -0.2) is 0 Å². The van der Waals surface area contributed by atoms with Gasteiger partial charge in [-0.3, -0.25) is 0 Å². The van der Waals surface area contributed by atoms with Crippen molar-refractivity contribution in [1.82, 2.24) is 0 Å². The Kier molecular flexibility index (Phi) is 5.97. The number of hydrogen-bond acceptors (Lipinski definition) is 1. The van der Waals surface area contributed by atoms with Crippen LogP contribution in [0, 0.1) is 23.7 Å². The first kappa shape index (κ1) is 28.9. The lowest BCUT2D eigenvalue weighted by Crippen LogP contribution is -2.55. The van der Waals surface area contributed by atoms with Crippen LogP contribution in [0.25, 0.3) is 33.4 Å². The van der Waals surface area contributed by atoms with E-state index in [9.17, 15) is 0 Å². The van der Waals surface area contributed by atoms with Crippen LogP contribution >= 0.6 is 0 Å². The van der Waals surface area contributed by atoms with Gasteiger partial charge in [0.25, 0.3) is 0 Å². The van der Waals surface area contributed by atoms with Gasteiger partial charge in [-0.05, 0) is 148 Å². The summed E-state index contributed by atoms with van der Waals surface area (Å²) in [6.07, 6.45) is 7.06. The Balaban J connectivity index is 1.13. The molecule has 0 saturated heterocycles. The van der Waals surface area contributed by atoms with Crippen molar-refractivity contribution < 1.29 is 0 Å². The Morgan fingerprint density at radius 3 is 1.64 bits per heavy atom. The second-order valence-electron chi connectivity index (χ2n) is 16.6. The molecule has 4 fully saturated rings. The molecule has 0 heterocycles. The van der Waals surface area contributed by atoms with Gasteiger partial charge in [-0.15, -0.1) is 0 Å². The van der Waals surface area contributed by atoms with Crippen LogP contribution in [0.4, 0.5) is 17.1 Å². The summed E-state index contributed by atoms with van der Waals surface area (Å²) in [5.41, 5.74) is 18.0. The van der Waals surface area contributed by atoms with Gasteiger partial charge in [0.2, 0.25) is 0 Å². The van der Waals surface area contributed by atoms with E-state index in [4.69, 9.17) is 0 Å². The van der Waals surface area contributed by atoms with Gasteiger partial charge in [-0.25, -0.2) is 0 Å². The van der Waals surface area contributed by atoms with Crippen molar-refractivity contribution in [3.05, 3.63) is 162 Å². The number of fused-ring (bicyclic) bond motifs is 6. The van der Waals surface area contributed by atoms with Gasteiger partial charge in [-0.1, -0.05) is 117 Å². The molecule has 50 heavy (non-hydrogen) atoms. The van der Waals surface area contributed by atoms with Gasteiger partial charge < -0.3 is 4.90 Å². The standard InChI is InChI=1S/C49H43N/c1-48(2)44-17-8-6-15-40(44)42-21-19-38(29-46(42)48)50(37-14-10-13-34(28-37)33-11-4-3-5-12-33)39-20-22-43-41-16-7-9-18-45(41)49(47(43)30-39)35-24-31-23-32(26-35)27-36(49)25-31/h3-22,28-32,35-36H,23-27H2,1-2H3. The van der Waals surface area contributed by atoms with Gasteiger partial charge in [0.15, 0.2) is 0 Å². The van der Waals surface area contributed by atoms with Crippen LogP contribution in [-0.2, 0) is 10.8 Å². The highest BCUT2D eigenvalue weighted by Gasteiger charge is 2.61. The minimum atomic E-state index is -0.0660. The SMILES string of the molecule is CC1(C)c2ccccc2-c2ccc(N(c3cccc(-c4ccccc4)c3)c3ccc4c(c3)C3(c5ccccc5-4)C4CC5CC(C4)CC3C5)cc21. The topological polar surface area (TPSA) is 3.24 Å². The lowest BCUT2D eigenvalue weighted by atomic mass is 9.43. The molecule has 0 atom stereocenters. The Morgan fingerprint density at radius 2 is 0.940 bits per heavy atom. The number of benzene rings is 6. The third kappa shape index (κ3) is 3.84. The molecule has 244 valence electrons. The fourth-order valence-electron chi connectivity index (χ4n) is 12.0. The smallest absolute Gasteiger partial charge is 0.0467 e. The van der Waals surface area contributed by atoms with Gasteiger partial charge in [-0.2, -0.15) is 0 Å². The van der Waals surface area contributed by atoms with Crippen molar-refractivity contribution in [3.8, 4) is 33.4 Å². The quantitative estimate of drug-likeness (QED) is 0.184. The van der Waals surface area contributed by atoms with Gasteiger partial charge in [0.05, 0.1) is 0 Å². The number of anilines is 3. The van der Waals surface area contributed by atoms with Crippen LogP contribution in [0.2, 0.25) is 0 Å². The van der Waals surface area contributed by atoms with E-state index in [1.54, 1.807) is 11.1 Å². The average molecular weight is 646 g/mol. The van der Waals surface area contributed by atoms with Crippen molar-refractivity contribution in [2.24, 2.45) is 23.7 Å². The fourth-order valence-corrected chi connectivity index (χ4v) is 12.0. The molecular formula is C49H43N. The summed E-state index contributed by atoms with van der Waals surface area (Å²) in [7, 11) is 0. The lowest BCUT2D eigenvalue weighted by Gasteiger charge is -2.61. The summed E-state index contributed by atoms with van der Waals surface area (Å²) in [4.78, 5) is 2.55. The molecule has 0 aliphatic heterocycles. The highest BCUT2D eigenvalue weighted by Crippen LogP contribution is 2.69. The molecule has 1 nitrogen and oxygen atoms in total. The van der Waals surface area contributed by atoms with Crippen LogP contribution in [0.3, 0.4) is 0 Å². The zero-order valence-corrected chi connectivity index (χ0v) is 29.1. The van der Waals surface area contributed by atoms with E-state index < -0.39 is 0 Å². The molecule has 1 heteroatoms. The molecule has 6 aromatic carbocycles. The van der Waals surface area contributed by atoms with E-state index in [1.165, 1.54) is 93.7 Å². The molecule has 0 aromatic heterocycles. The molecule has 4 saturated carbocycles. The maximum atomic E-state index is 2.64. The molecule has 6 aliphatic carbocycles. The number of rotatable bonds is 4. The van der Waals surface area contributed by atoms with Crippen molar-refractivity contribution >= 4 is 17.1 Å². The summed E-state index contributed by atoms with van der Waals surface area (Å²) in [6.45, 7) is 4.79. The largest absolute Gasteiger partial charge is 0.310 e. The second kappa shape index (κ2) is 10.3. The van der Waals surface area contributed by atoms with Crippen molar-refractivity contribution in [3.63, 3.8) is 0 Å². The van der Waals surface area contributed by atoms with E-state index in [2.05, 4.69) is 158 Å². The summed E-state index contributed by atoms with van der Waals surface area (Å²) >= 11 is 0. The van der Waals surface area contributed by atoms with E-state index >= 15 is 0 Å². The van der Waals surface area contributed by atoms with Crippen LogP contribution in [0.1, 0.15) is 68.2 Å². The van der Waals surface area contributed by atoms with E-state index in [0.717, 1.165) is 23.7 Å². The zero-order chi connectivity index (χ0) is 33.2. The molecule has 0 radical (unpaired) electrons. The Bertz CT molecular complexity index is 2300. The molecule has 0 amide bonds. The number of nitrogens with zero attached hydrogens (tertiary/aromatic N) is 1. The van der Waals surface area contributed by atoms with Gasteiger partial charge >= 0.3 is 0 Å². The molecule has 0 unspecified atom stereocenters. The Morgan fingerprint density at radius 1 is 0.420 bits per heavy atom. The molecule has 12 rings (SSSR count). The summed E-state index contributed by atoms with van der Waals surface area (Å²) in [5, 5.41) is 0. The molecule has 0 N–H and O–H groups in total. The third-order valence-corrected chi connectivity index (χ3v) is 13.8. The molecular weight excluding hydrogens is 603 g/mol. The van der Waals surface area contributed by atoms with Gasteiger partial charge in [0, 0.05) is 27.9 Å². The van der Waals surface area contributed by atoms with Crippen LogP contribution < -0.4 is 4.90 Å². The first-order valence-electron chi connectivity index (χ1n) is 18.9. The highest BCUT2D eigenvalue weighted by molar-refractivity contribution is 5.89. The predicted molar refractivity (Wildman–Crippen MR) is 207 cm³/mol. The third-order valence-electron chi connectivity index (χ3n) is 13.8. The van der Waals surface area contributed by atoms with Crippen molar-refractivity contribution in [2.75, 3.05) is 4.90 Å². The lowest BCUT2D eigenvalue weighted by molar-refractivity contribution is -0.0399. The van der Waals surface area contributed by atoms with E-state index in [1.807, 2.05) is 0 Å². The van der Waals surface area contributed by atoms with Crippen molar-refractivity contribution in [2.45, 2.75) is 56.8 Å². The zero-order valence-electron chi connectivity index (χ0n) is 29.1. The van der Waals surface area contributed by atoms with E-state index in [0.29, 0.717) is 0 Å². The van der Waals surface area contributed by atoms with E-state index in [-0.39, 0.29) is 10.8 Å². The van der Waals surface area contributed by atoms with Crippen LogP contribution in [0.5, 0.6) is 0 Å². The normalized spacial score (nSPS) is 25.6. The van der Waals surface area contributed by atoms with Crippen molar-refractivity contribution in [1.29, 1.82) is 0 Å². The maximum Gasteiger partial charge on any atom is 0.0467 e.